The number of rotatable bonds is 12. The number of aliphatic hydroxyl groups excluding tert-OH is 1. The molecule has 0 spiro atoms. The Morgan fingerprint density at radius 1 is 1.18 bits per heavy atom. The fourth-order valence-corrected chi connectivity index (χ4v) is 2.03. The number of methoxy groups -OCH3 is 2. The Morgan fingerprint density at radius 3 is 2.45 bits per heavy atom. The molecule has 5 heteroatoms. The number of ether oxygens (including phenoxy) is 4. The van der Waals surface area contributed by atoms with Crippen LogP contribution in [0.4, 0.5) is 0 Å². The van der Waals surface area contributed by atoms with Gasteiger partial charge in [0.15, 0.2) is 0 Å². The smallest absolute Gasteiger partial charge is 0.147 e. The predicted molar refractivity (Wildman–Crippen MR) is 84.8 cm³/mol. The zero-order valence-corrected chi connectivity index (χ0v) is 13.4. The molecule has 0 aliphatic rings. The van der Waals surface area contributed by atoms with E-state index in [4.69, 9.17) is 24.1 Å². The lowest BCUT2D eigenvalue weighted by Crippen LogP contribution is -2.31. The highest BCUT2D eigenvalue weighted by molar-refractivity contribution is 5.26. The molecular weight excluding hydrogens is 284 g/mol. The zero-order valence-electron chi connectivity index (χ0n) is 13.4. The third-order valence-corrected chi connectivity index (χ3v) is 3.25. The first-order valence-electron chi connectivity index (χ1n) is 7.33. The number of aliphatic hydroxyl groups is 1. The minimum Gasteiger partial charge on any atom is -0.497 e. The van der Waals surface area contributed by atoms with Crippen LogP contribution in [0.15, 0.2) is 36.9 Å². The second kappa shape index (κ2) is 11.2. The highest BCUT2D eigenvalue weighted by Crippen LogP contribution is 2.17. The van der Waals surface area contributed by atoms with Crippen molar-refractivity contribution in [2.24, 2.45) is 0 Å². The number of benzene rings is 1. The van der Waals surface area contributed by atoms with Gasteiger partial charge in [0.25, 0.3) is 0 Å². The summed E-state index contributed by atoms with van der Waals surface area (Å²) >= 11 is 0. The minimum atomic E-state index is -0.273. The largest absolute Gasteiger partial charge is 0.497 e. The van der Waals surface area contributed by atoms with Crippen molar-refractivity contribution in [3.05, 3.63) is 42.5 Å². The predicted octanol–water partition coefficient (Wildman–Crippen LogP) is 2.53. The maximum Gasteiger partial charge on any atom is 0.147 e. The van der Waals surface area contributed by atoms with Gasteiger partial charge < -0.3 is 24.1 Å². The molecule has 1 N–H and O–H groups in total. The SMILES string of the molecule is C=C[C@H](OCOC)[C@H](CCCO)OCc1ccc(OC)cc1. The molecule has 0 aromatic heterocycles. The Bertz CT molecular complexity index is 404. The van der Waals surface area contributed by atoms with Crippen molar-refractivity contribution >= 4 is 0 Å². The molecule has 0 unspecified atom stereocenters. The summed E-state index contributed by atoms with van der Waals surface area (Å²) in [5, 5.41) is 9.03. The van der Waals surface area contributed by atoms with Crippen LogP contribution in [0.5, 0.6) is 5.75 Å². The monoisotopic (exact) mass is 310 g/mol. The lowest BCUT2D eigenvalue weighted by molar-refractivity contribution is -0.116. The van der Waals surface area contributed by atoms with E-state index in [9.17, 15) is 0 Å². The molecule has 0 amide bonds. The summed E-state index contributed by atoms with van der Waals surface area (Å²) in [6.07, 6.45) is 2.59. The molecule has 0 bridgehead atoms. The van der Waals surface area contributed by atoms with Gasteiger partial charge >= 0.3 is 0 Å². The third kappa shape index (κ3) is 6.58. The first-order valence-corrected chi connectivity index (χ1v) is 7.33. The topological polar surface area (TPSA) is 57.2 Å². The standard InChI is InChI=1S/C17H26O5/c1-4-16(22-13-19-2)17(6-5-11-18)21-12-14-7-9-15(20-3)10-8-14/h4,7-10,16-18H,1,5-6,11-13H2,2-3H3/t16-,17-/m0/s1. The number of hydrogen-bond donors (Lipinski definition) is 1. The minimum absolute atomic E-state index is 0.122. The van der Waals surface area contributed by atoms with E-state index in [1.807, 2.05) is 24.3 Å². The Kier molecular flexibility index (Phi) is 9.50. The van der Waals surface area contributed by atoms with Crippen LogP contribution in [-0.4, -0.2) is 44.9 Å². The van der Waals surface area contributed by atoms with Crippen molar-refractivity contribution < 1.29 is 24.1 Å². The summed E-state index contributed by atoms with van der Waals surface area (Å²) in [7, 11) is 3.21. The highest BCUT2D eigenvalue weighted by atomic mass is 16.7. The van der Waals surface area contributed by atoms with Crippen LogP contribution in [0.2, 0.25) is 0 Å². The van der Waals surface area contributed by atoms with Crippen LogP contribution in [0, 0.1) is 0 Å². The maximum atomic E-state index is 9.03. The molecular formula is C17H26O5. The molecule has 0 heterocycles. The van der Waals surface area contributed by atoms with Crippen molar-refractivity contribution in [3.63, 3.8) is 0 Å². The zero-order chi connectivity index (χ0) is 16.2. The van der Waals surface area contributed by atoms with E-state index in [1.54, 1.807) is 20.3 Å². The summed E-state index contributed by atoms with van der Waals surface area (Å²) in [5.74, 6) is 0.813. The Labute approximate surface area is 132 Å². The molecule has 1 rings (SSSR count). The van der Waals surface area contributed by atoms with Crippen LogP contribution in [0.1, 0.15) is 18.4 Å². The quantitative estimate of drug-likeness (QED) is 0.475. The lowest BCUT2D eigenvalue weighted by atomic mass is 10.1. The second-order valence-corrected chi connectivity index (χ2v) is 4.84. The Hall–Kier alpha value is -1.40. The van der Waals surface area contributed by atoms with Gasteiger partial charge in [-0.2, -0.15) is 0 Å². The van der Waals surface area contributed by atoms with Gasteiger partial charge in [-0.05, 0) is 30.5 Å². The van der Waals surface area contributed by atoms with Crippen LogP contribution < -0.4 is 4.74 Å². The van der Waals surface area contributed by atoms with Crippen LogP contribution in [0.3, 0.4) is 0 Å². The number of hydrogen-bond acceptors (Lipinski definition) is 5. The lowest BCUT2D eigenvalue weighted by Gasteiger charge is -2.25. The van der Waals surface area contributed by atoms with Gasteiger partial charge in [-0.25, -0.2) is 0 Å². The van der Waals surface area contributed by atoms with Gasteiger partial charge in [-0.3, -0.25) is 0 Å². The summed E-state index contributed by atoms with van der Waals surface area (Å²) < 4.78 is 21.6. The van der Waals surface area contributed by atoms with Gasteiger partial charge in [-0.15, -0.1) is 6.58 Å². The van der Waals surface area contributed by atoms with Crippen LogP contribution in [0.25, 0.3) is 0 Å². The highest BCUT2D eigenvalue weighted by Gasteiger charge is 2.20. The summed E-state index contributed by atoms with van der Waals surface area (Å²) in [6.45, 7) is 4.54. The van der Waals surface area contributed by atoms with E-state index >= 15 is 0 Å². The normalized spacial score (nSPS) is 13.6. The molecule has 124 valence electrons. The van der Waals surface area contributed by atoms with E-state index in [2.05, 4.69) is 6.58 Å². The molecule has 1 aromatic carbocycles. The molecule has 0 saturated carbocycles. The van der Waals surface area contributed by atoms with Crippen LogP contribution in [-0.2, 0) is 20.8 Å². The molecule has 0 aliphatic carbocycles. The third-order valence-electron chi connectivity index (χ3n) is 3.25. The molecule has 1 aromatic rings. The summed E-state index contributed by atoms with van der Waals surface area (Å²) in [6, 6.07) is 7.71. The summed E-state index contributed by atoms with van der Waals surface area (Å²) in [4.78, 5) is 0. The average Bonchev–Trinajstić information content (AvgIpc) is 2.57. The van der Waals surface area contributed by atoms with Crippen molar-refractivity contribution in [3.8, 4) is 5.75 Å². The molecule has 0 radical (unpaired) electrons. The molecule has 2 atom stereocenters. The second-order valence-electron chi connectivity index (χ2n) is 4.84. The Morgan fingerprint density at radius 2 is 1.91 bits per heavy atom. The fraction of sp³-hybridized carbons (Fsp3) is 0.529. The van der Waals surface area contributed by atoms with Gasteiger partial charge in [0.1, 0.15) is 18.6 Å². The molecule has 0 saturated heterocycles. The molecule has 0 fully saturated rings. The molecule has 22 heavy (non-hydrogen) atoms. The summed E-state index contributed by atoms with van der Waals surface area (Å²) in [5.41, 5.74) is 1.05. The first-order chi connectivity index (χ1) is 10.7. The van der Waals surface area contributed by atoms with Gasteiger partial charge in [0.05, 0.1) is 19.8 Å². The molecule has 5 nitrogen and oxygen atoms in total. The maximum absolute atomic E-state index is 9.03. The van der Waals surface area contributed by atoms with E-state index in [0.717, 1.165) is 11.3 Å². The van der Waals surface area contributed by atoms with Crippen molar-refractivity contribution in [1.29, 1.82) is 0 Å². The van der Waals surface area contributed by atoms with E-state index in [0.29, 0.717) is 19.4 Å². The van der Waals surface area contributed by atoms with Gasteiger partial charge in [0, 0.05) is 13.7 Å². The van der Waals surface area contributed by atoms with E-state index in [1.165, 1.54) is 0 Å². The Balaban J connectivity index is 2.59. The van der Waals surface area contributed by atoms with Crippen molar-refractivity contribution in [2.45, 2.75) is 31.7 Å². The fourth-order valence-electron chi connectivity index (χ4n) is 2.03. The first kappa shape index (κ1) is 18.6. The average molecular weight is 310 g/mol. The van der Waals surface area contributed by atoms with Gasteiger partial charge in [0.2, 0.25) is 0 Å². The van der Waals surface area contributed by atoms with E-state index < -0.39 is 0 Å². The van der Waals surface area contributed by atoms with E-state index in [-0.39, 0.29) is 25.6 Å². The van der Waals surface area contributed by atoms with Crippen molar-refractivity contribution in [2.75, 3.05) is 27.6 Å². The van der Waals surface area contributed by atoms with Gasteiger partial charge in [-0.1, -0.05) is 18.2 Å². The van der Waals surface area contributed by atoms with Crippen LogP contribution >= 0.6 is 0 Å². The van der Waals surface area contributed by atoms with Crippen molar-refractivity contribution in [1.82, 2.24) is 0 Å². The molecule has 0 aliphatic heterocycles.